The van der Waals surface area contributed by atoms with Gasteiger partial charge in [-0.1, -0.05) is 5.16 Å². The van der Waals surface area contributed by atoms with Crippen molar-refractivity contribution in [1.82, 2.24) is 10.5 Å². The molecule has 0 aliphatic heterocycles. The molecule has 0 aliphatic carbocycles. The monoisotopic (exact) mass is 346 g/mol. The molecular formula is C18H22N2O5. The van der Waals surface area contributed by atoms with Crippen LogP contribution in [0.15, 0.2) is 16.7 Å². The first-order valence-electron chi connectivity index (χ1n) is 7.95. The highest BCUT2D eigenvalue weighted by molar-refractivity contribution is 5.94. The Bertz CT molecular complexity index is 752. The normalized spacial score (nSPS) is 10.6. The number of carbonyl (C=O) groups is 2. The second-order valence-corrected chi connectivity index (χ2v) is 5.93. The minimum atomic E-state index is -1.04. The highest BCUT2D eigenvalue weighted by Crippen LogP contribution is 2.25. The van der Waals surface area contributed by atoms with Crippen LogP contribution in [-0.4, -0.2) is 35.3 Å². The Morgan fingerprint density at radius 2 is 1.84 bits per heavy atom. The number of rotatable bonds is 7. The number of carboxylic acid groups (broad SMARTS) is 1. The van der Waals surface area contributed by atoms with Gasteiger partial charge in [0.25, 0.3) is 5.91 Å². The molecule has 1 aromatic heterocycles. The van der Waals surface area contributed by atoms with Crippen LogP contribution in [0, 0.1) is 27.7 Å². The molecule has 134 valence electrons. The molecule has 7 heteroatoms. The molecule has 0 spiro atoms. The van der Waals surface area contributed by atoms with Gasteiger partial charge in [-0.2, -0.15) is 0 Å². The average Bonchev–Trinajstić information content (AvgIpc) is 2.85. The van der Waals surface area contributed by atoms with Crippen molar-refractivity contribution in [1.29, 1.82) is 0 Å². The van der Waals surface area contributed by atoms with E-state index in [9.17, 15) is 9.59 Å². The third-order valence-corrected chi connectivity index (χ3v) is 3.90. The van der Waals surface area contributed by atoms with Crippen LogP contribution in [0.5, 0.6) is 5.75 Å². The molecule has 0 bridgehead atoms. The number of aliphatic carboxylic acids is 1. The largest absolute Gasteiger partial charge is 0.481 e. The van der Waals surface area contributed by atoms with Gasteiger partial charge >= 0.3 is 5.97 Å². The van der Waals surface area contributed by atoms with Crippen LogP contribution in [0.3, 0.4) is 0 Å². The lowest BCUT2D eigenvalue weighted by molar-refractivity contribution is -0.139. The van der Waals surface area contributed by atoms with Crippen molar-refractivity contribution in [2.75, 3.05) is 13.2 Å². The predicted molar refractivity (Wildman–Crippen MR) is 91.1 cm³/mol. The number of aryl methyl sites for hydroxylation is 4. The number of hydrogen-bond donors (Lipinski definition) is 2. The maximum absolute atomic E-state index is 12.3. The van der Waals surface area contributed by atoms with Crippen molar-refractivity contribution in [3.63, 3.8) is 0 Å². The van der Waals surface area contributed by atoms with Crippen molar-refractivity contribution >= 4 is 11.9 Å². The van der Waals surface area contributed by atoms with E-state index in [2.05, 4.69) is 10.5 Å². The Morgan fingerprint density at radius 3 is 2.36 bits per heavy atom. The zero-order valence-electron chi connectivity index (χ0n) is 14.8. The Kier molecular flexibility index (Phi) is 5.80. The molecule has 2 aromatic rings. The Morgan fingerprint density at radius 1 is 1.20 bits per heavy atom. The van der Waals surface area contributed by atoms with Crippen molar-refractivity contribution in [2.24, 2.45) is 0 Å². The average molecular weight is 346 g/mol. The number of nitrogens with one attached hydrogen (secondary N) is 1. The maximum atomic E-state index is 12.3. The molecule has 0 saturated heterocycles. The number of hydrogen-bond acceptors (Lipinski definition) is 5. The van der Waals surface area contributed by atoms with Crippen LogP contribution in [0.2, 0.25) is 0 Å². The van der Waals surface area contributed by atoms with Crippen LogP contribution in [-0.2, 0) is 11.2 Å². The molecule has 1 heterocycles. The summed E-state index contributed by atoms with van der Waals surface area (Å²) in [5.41, 5.74) is 3.79. The Labute approximate surface area is 146 Å². The zero-order valence-corrected chi connectivity index (χ0v) is 14.8. The van der Waals surface area contributed by atoms with Gasteiger partial charge < -0.3 is 19.7 Å². The lowest BCUT2D eigenvalue weighted by Gasteiger charge is -2.13. The first-order valence-corrected chi connectivity index (χ1v) is 7.95. The summed E-state index contributed by atoms with van der Waals surface area (Å²) < 4.78 is 10.4. The summed E-state index contributed by atoms with van der Waals surface area (Å²) in [4.78, 5) is 23.0. The molecule has 2 N–H and O–H groups in total. The van der Waals surface area contributed by atoms with Crippen LogP contribution >= 0.6 is 0 Å². The minimum Gasteiger partial charge on any atom is -0.481 e. The summed E-state index contributed by atoms with van der Waals surface area (Å²) in [6.45, 7) is 7.34. The molecule has 1 aromatic carbocycles. The van der Waals surface area contributed by atoms with Gasteiger partial charge in [-0.25, -0.2) is 4.79 Å². The van der Waals surface area contributed by atoms with E-state index in [4.69, 9.17) is 14.4 Å². The minimum absolute atomic E-state index is 0.192. The smallest absolute Gasteiger partial charge is 0.341 e. The second kappa shape index (κ2) is 7.83. The van der Waals surface area contributed by atoms with Crippen molar-refractivity contribution in [2.45, 2.75) is 34.1 Å². The first-order chi connectivity index (χ1) is 11.8. The van der Waals surface area contributed by atoms with Gasteiger partial charge in [0.1, 0.15) is 11.5 Å². The fraction of sp³-hybridized carbons (Fsp3) is 0.389. The third-order valence-electron chi connectivity index (χ3n) is 3.90. The van der Waals surface area contributed by atoms with E-state index in [-0.39, 0.29) is 5.91 Å². The molecule has 25 heavy (non-hydrogen) atoms. The quantitative estimate of drug-likeness (QED) is 0.798. The molecular weight excluding hydrogens is 324 g/mol. The summed E-state index contributed by atoms with van der Waals surface area (Å²) in [5, 5.41) is 15.5. The van der Waals surface area contributed by atoms with Crippen LogP contribution in [0.1, 0.15) is 38.5 Å². The molecule has 2 rings (SSSR count). The van der Waals surface area contributed by atoms with E-state index < -0.39 is 12.6 Å². The van der Waals surface area contributed by atoms with Gasteiger partial charge in [-0.3, -0.25) is 4.79 Å². The summed E-state index contributed by atoms with van der Waals surface area (Å²) in [6.07, 6.45) is 0.644. The topological polar surface area (TPSA) is 102 Å². The van der Waals surface area contributed by atoms with Crippen LogP contribution < -0.4 is 10.1 Å². The lowest BCUT2D eigenvalue weighted by Crippen LogP contribution is -2.26. The molecule has 0 radical (unpaired) electrons. The fourth-order valence-electron chi connectivity index (χ4n) is 2.70. The van der Waals surface area contributed by atoms with Crippen molar-refractivity contribution < 1.29 is 24.0 Å². The van der Waals surface area contributed by atoms with Gasteiger partial charge in [0.2, 0.25) is 0 Å². The molecule has 0 aliphatic rings. The SMILES string of the molecule is Cc1cc(C(=O)NCCc2c(C)noc2C)cc(C)c1OCC(=O)O. The molecule has 0 atom stereocenters. The summed E-state index contributed by atoms with van der Waals surface area (Å²) in [6, 6.07) is 3.38. The van der Waals surface area contributed by atoms with Gasteiger partial charge in [-0.05, 0) is 57.4 Å². The number of carboxylic acids is 1. The highest BCUT2D eigenvalue weighted by Gasteiger charge is 2.14. The third kappa shape index (κ3) is 4.59. The van der Waals surface area contributed by atoms with E-state index in [0.29, 0.717) is 24.3 Å². The fourth-order valence-corrected chi connectivity index (χ4v) is 2.70. The summed E-state index contributed by atoms with van der Waals surface area (Å²) in [7, 11) is 0. The van der Waals surface area contributed by atoms with Gasteiger partial charge in [0.05, 0.1) is 5.69 Å². The lowest BCUT2D eigenvalue weighted by atomic mass is 10.0. The summed E-state index contributed by atoms with van der Waals surface area (Å²) >= 11 is 0. The van der Waals surface area contributed by atoms with E-state index in [1.54, 1.807) is 26.0 Å². The Balaban J connectivity index is 2.01. The number of benzene rings is 1. The highest BCUT2D eigenvalue weighted by atomic mass is 16.5. The van der Waals surface area contributed by atoms with E-state index in [1.807, 2.05) is 13.8 Å². The predicted octanol–water partition coefficient (Wildman–Crippen LogP) is 2.34. The molecule has 1 amide bonds. The number of amides is 1. The maximum Gasteiger partial charge on any atom is 0.341 e. The molecule has 0 unspecified atom stereocenters. The standard InChI is InChI=1S/C18H22N2O5/c1-10-7-14(8-11(2)17(10)24-9-16(21)22)18(23)19-6-5-15-12(3)20-25-13(15)4/h7-8H,5-6,9H2,1-4H3,(H,19,23)(H,21,22). The van der Waals surface area contributed by atoms with Crippen LogP contribution in [0.25, 0.3) is 0 Å². The van der Waals surface area contributed by atoms with E-state index in [1.165, 1.54) is 0 Å². The summed E-state index contributed by atoms with van der Waals surface area (Å²) in [5.74, 6) is 0.0238. The number of nitrogens with zero attached hydrogens (tertiary/aromatic N) is 1. The van der Waals surface area contributed by atoms with E-state index >= 15 is 0 Å². The zero-order chi connectivity index (χ0) is 18.6. The van der Waals surface area contributed by atoms with Crippen LogP contribution in [0.4, 0.5) is 0 Å². The van der Waals surface area contributed by atoms with Gasteiger partial charge in [0, 0.05) is 17.7 Å². The van der Waals surface area contributed by atoms with Gasteiger partial charge in [-0.15, -0.1) is 0 Å². The first kappa shape index (κ1) is 18.5. The second-order valence-electron chi connectivity index (χ2n) is 5.93. The van der Waals surface area contributed by atoms with E-state index in [0.717, 1.165) is 28.1 Å². The molecule has 0 saturated carbocycles. The molecule has 0 fully saturated rings. The van der Waals surface area contributed by atoms with Gasteiger partial charge in [0.15, 0.2) is 6.61 Å². The Hall–Kier alpha value is -2.83. The number of ether oxygens (including phenoxy) is 1. The number of aromatic nitrogens is 1. The number of carbonyl (C=O) groups excluding carboxylic acids is 1. The van der Waals surface area contributed by atoms with Crippen molar-refractivity contribution in [3.05, 3.63) is 45.8 Å². The molecule has 7 nitrogen and oxygen atoms in total. The van der Waals surface area contributed by atoms with Crippen molar-refractivity contribution in [3.8, 4) is 5.75 Å².